The smallest absolute Gasteiger partial charge is 0.207 e. The Morgan fingerprint density at radius 1 is 1.05 bits per heavy atom. The zero-order valence-corrected chi connectivity index (χ0v) is 14.1. The Morgan fingerprint density at radius 3 is 1.95 bits per heavy atom. The molecule has 0 radical (unpaired) electrons. The van der Waals surface area contributed by atoms with Crippen LogP contribution in [0.4, 0.5) is 0 Å². The van der Waals surface area contributed by atoms with E-state index in [0.29, 0.717) is 6.54 Å². The number of benzene rings is 1. The lowest BCUT2D eigenvalue weighted by Gasteiger charge is -2.26. The van der Waals surface area contributed by atoms with Crippen LogP contribution in [0.25, 0.3) is 0 Å². The first-order valence-corrected chi connectivity index (χ1v) is 10.6. The molecule has 0 heterocycles. The molecule has 1 saturated carbocycles. The molecular weight excluding hydrogens is 334 g/mol. The van der Waals surface area contributed by atoms with E-state index >= 15 is 0 Å². The van der Waals surface area contributed by atoms with Crippen molar-refractivity contribution >= 4 is 29.8 Å². The number of nitrogens with zero attached hydrogens (tertiary/aromatic N) is 1. The molecule has 0 unspecified atom stereocenters. The summed E-state index contributed by atoms with van der Waals surface area (Å²) in [5.74, 6) is 0. The van der Waals surface area contributed by atoms with Gasteiger partial charge in [-0.1, -0.05) is 19.8 Å². The number of sulfonamides is 1. The second-order valence-electron chi connectivity index (χ2n) is 5.06. The first-order valence-electron chi connectivity index (χ1n) is 6.83. The van der Waals surface area contributed by atoms with E-state index in [1.165, 1.54) is 28.6 Å². The monoisotopic (exact) mass is 351 g/mol. The van der Waals surface area contributed by atoms with Crippen LogP contribution in [0.5, 0.6) is 0 Å². The van der Waals surface area contributed by atoms with Gasteiger partial charge in [0.05, 0.1) is 9.79 Å². The second kappa shape index (κ2) is 6.24. The molecular formula is C13H18ClNO4S2. The van der Waals surface area contributed by atoms with Crippen LogP contribution in [0.2, 0.25) is 0 Å². The van der Waals surface area contributed by atoms with Crippen molar-refractivity contribution in [2.45, 2.75) is 48.4 Å². The highest BCUT2D eigenvalue weighted by Gasteiger charge is 2.32. The zero-order valence-electron chi connectivity index (χ0n) is 11.7. The molecule has 21 heavy (non-hydrogen) atoms. The van der Waals surface area contributed by atoms with Crippen molar-refractivity contribution in [1.82, 2.24) is 4.31 Å². The Balaban J connectivity index is 2.34. The summed E-state index contributed by atoms with van der Waals surface area (Å²) in [5.41, 5.74) is 0. The van der Waals surface area contributed by atoms with Crippen LogP contribution in [0.15, 0.2) is 34.1 Å². The molecule has 0 spiro atoms. The van der Waals surface area contributed by atoms with Crippen LogP contribution in [0.3, 0.4) is 0 Å². The van der Waals surface area contributed by atoms with Crippen LogP contribution in [0.1, 0.15) is 32.6 Å². The fraction of sp³-hybridized carbons (Fsp3) is 0.538. The number of hydrogen-bond donors (Lipinski definition) is 0. The third kappa shape index (κ3) is 3.59. The molecule has 2 rings (SSSR count). The van der Waals surface area contributed by atoms with Crippen LogP contribution in [0, 0.1) is 0 Å². The SMILES string of the molecule is CCN(C1CCCC1)S(=O)(=O)c1ccc(S(=O)(=O)Cl)cc1. The van der Waals surface area contributed by atoms with Gasteiger partial charge >= 0.3 is 0 Å². The van der Waals surface area contributed by atoms with Crippen molar-refractivity contribution in [2.75, 3.05) is 6.54 Å². The van der Waals surface area contributed by atoms with Gasteiger partial charge in [0.2, 0.25) is 10.0 Å². The molecule has 1 aliphatic carbocycles. The summed E-state index contributed by atoms with van der Waals surface area (Å²) in [6, 6.07) is 5.07. The molecule has 118 valence electrons. The van der Waals surface area contributed by atoms with Gasteiger partial charge in [0.25, 0.3) is 9.05 Å². The predicted molar refractivity (Wildman–Crippen MR) is 81.3 cm³/mol. The minimum Gasteiger partial charge on any atom is -0.207 e. The van der Waals surface area contributed by atoms with E-state index in [-0.39, 0.29) is 15.8 Å². The maximum atomic E-state index is 12.7. The van der Waals surface area contributed by atoms with Crippen LogP contribution < -0.4 is 0 Å². The van der Waals surface area contributed by atoms with E-state index in [1.54, 1.807) is 0 Å². The van der Waals surface area contributed by atoms with Crippen molar-refractivity contribution in [3.05, 3.63) is 24.3 Å². The standard InChI is InChI=1S/C13H18ClNO4S2/c1-2-15(11-5-3-4-6-11)21(18,19)13-9-7-12(8-10-13)20(14,16)17/h7-11H,2-6H2,1H3. The molecule has 1 aromatic rings. The molecule has 1 aromatic carbocycles. The summed E-state index contributed by atoms with van der Waals surface area (Å²) >= 11 is 0. The summed E-state index contributed by atoms with van der Waals surface area (Å²) in [4.78, 5) is -0.00709. The largest absolute Gasteiger partial charge is 0.261 e. The first-order chi connectivity index (χ1) is 9.76. The molecule has 0 aromatic heterocycles. The van der Waals surface area contributed by atoms with Gasteiger partial charge in [0, 0.05) is 23.3 Å². The van der Waals surface area contributed by atoms with Gasteiger partial charge in [-0.2, -0.15) is 4.31 Å². The molecule has 1 fully saturated rings. The highest BCUT2D eigenvalue weighted by atomic mass is 35.7. The molecule has 5 nitrogen and oxygen atoms in total. The van der Waals surface area contributed by atoms with E-state index in [1.807, 2.05) is 6.92 Å². The molecule has 0 bridgehead atoms. The molecule has 0 amide bonds. The summed E-state index contributed by atoms with van der Waals surface area (Å²) in [6.45, 7) is 2.22. The maximum absolute atomic E-state index is 12.7. The fourth-order valence-electron chi connectivity index (χ4n) is 2.73. The van der Waals surface area contributed by atoms with E-state index in [9.17, 15) is 16.8 Å². The minimum absolute atomic E-state index is 0.0384. The van der Waals surface area contributed by atoms with Crippen molar-refractivity contribution in [3.8, 4) is 0 Å². The van der Waals surface area contributed by atoms with Crippen LogP contribution in [-0.4, -0.2) is 33.7 Å². The summed E-state index contributed by atoms with van der Waals surface area (Å²) in [5, 5.41) is 0. The van der Waals surface area contributed by atoms with Gasteiger partial charge in [-0.25, -0.2) is 16.8 Å². The van der Waals surface area contributed by atoms with Gasteiger partial charge in [-0.15, -0.1) is 0 Å². The summed E-state index contributed by atoms with van der Waals surface area (Å²) in [7, 11) is -2.21. The average molecular weight is 352 g/mol. The molecule has 0 aliphatic heterocycles. The lowest BCUT2D eigenvalue weighted by atomic mass is 10.2. The Kier molecular flexibility index (Phi) is 4.97. The van der Waals surface area contributed by atoms with Crippen LogP contribution >= 0.6 is 10.7 Å². The zero-order chi connectivity index (χ0) is 15.7. The Hall–Kier alpha value is -0.630. The predicted octanol–water partition coefficient (Wildman–Crippen LogP) is 2.57. The Labute approximate surface area is 130 Å². The minimum atomic E-state index is -3.84. The molecule has 0 N–H and O–H groups in total. The van der Waals surface area contributed by atoms with Crippen LogP contribution in [-0.2, 0) is 19.1 Å². The van der Waals surface area contributed by atoms with Gasteiger partial charge in [-0.3, -0.25) is 0 Å². The van der Waals surface area contributed by atoms with Crippen molar-refractivity contribution < 1.29 is 16.8 Å². The maximum Gasteiger partial charge on any atom is 0.261 e. The highest BCUT2D eigenvalue weighted by Crippen LogP contribution is 2.29. The third-order valence-electron chi connectivity index (χ3n) is 3.76. The first kappa shape index (κ1) is 16.7. The molecule has 0 saturated heterocycles. The number of halogens is 1. The lowest BCUT2D eigenvalue weighted by molar-refractivity contribution is 0.335. The van der Waals surface area contributed by atoms with Gasteiger partial charge in [0.1, 0.15) is 0 Å². The van der Waals surface area contributed by atoms with Crippen molar-refractivity contribution in [2.24, 2.45) is 0 Å². The normalized spacial score (nSPS) is 17.5. The van der Waals surface area contributed by atoms with E-state index in [2.05, 4.69) is 0 Å². The topological polar surface area (TPSA) is 71.5 Å². The van der Waals surface area contributed by atoms with Crippen molar-refractivity contribution in [1.29, 1.82) is 0 Å². The van der Waals surface area contributed by atoms with E-state index < -0.39 is 19.1 Å². The Bertz CT molecular complexity index is 692. The van der Waals surface area contributed by atoms with E-state index in [4.69, 9.17) is 10.7 Å². The van der Waals surface area contributed by atoms with Crippen molar-refractivity contribution in [3.63, 3.8) is 0 Å². The summed E-state index contributed by atoms with van der Waals surface area (Å²) in [6.07, 6.45) is 3.84. The quantitative estimate of drug-likeness (QED) is 0.764. The third-order valence-corrected chi connectivity index (χ3v) is 7.17. The fourth-order valence-corrected chi connectivity index (χ4v) is 5.19. The van der Waals surface area contributed by atoms with Gasteiger partial charge in [0.15, 0.2) is 0 Å². The summed E-state index contributed by atoms with van der Waals surface area (Å²) < 4.78 is 49.2. The number of rotatable bonds is 5. The van der Waals surface area contributed by atoms with Gasteiger partial charge < -0.3 is 0 Å². The second-order valence-corrected chi connectivity index (χ2v) is 9.51. The van der Waals surface area contributed by atoms with E-state index in [0.717, 1.165) is 25.7 Å². The number of hydrogen-bond acceptors (Lipinski definition) is 4. The molecule has 1 aliphatic rings. The average Bonchev–Trinajstić information content (AvgIpc) is 2.92. The highest BCUT2D eigenvalue weighted by molar-refractivity contribution is 8.13. The molecule has 8 heteroatoms. The molecule has 0 atom stereocenters. The lowest BCUT2D eigenvalue weighted by Crippen LogP contribution is -2.38. The van der Waals surface area contributed by atoms with Gasteiger partial charge in [-0.05, 0) is 37.1 Å². The Morgan fingerprint density at radius 2 is 1.52 bits per heavy atom.